The highest BCUT2D eigenvalue weighted by molar-refractivity contribution is 5.74. The minimum atomic E-state index is -3.59. The van der Waals surface area contributed by atoms with Crippen LogP contribution in [0.5, 0.6) is 0 Å². The van der Waals surface area contributed by atoms with Crippen molar-refractivity contribution in [2.24, 2.45) is 5.89 Å². The Balaban J connectivity index is 6.26. The van der Waals surface area contributed by atoms with Gasteiger partial charge in [-0.1, -0.05) is 6.92 Å². The number of carboxylic acid groups (broad SMARTS) is 1. The van der Waals surface area contributed by atoms with Crippen LogP contribution in [0, 0.1) is 5.89 Å². The zero-order valence-corrected chi connectivity index (χ0v) is 10.3. The first-order valence-corrected chi connectivity index (χ1v) is 4.83. The van der Waals surface area contributed by atoms with Crippen LogP contribution in [0.4, 0.5) is 0 Å². The molecule has 0 aliphatic heterocycles. The lowest BCUT2D eigenvalue weighted by atomic mass is 9.98. The molecule has 0 aromatic heterocycles. The first-order chi connectivity index (χ1) is 10.8. The van der Waals surface area contributed by atoms with Crippen LogP contribution >= 0.6 is 0 Å². The molecule has 5 nitrogen and oxygen atoms in total. The van der Waals surface area contributed by atoms with Gasteiger partial charge in [0.05, 0.1) is 1.37 Å². The van der Waals surface area contributed by atoms with Crippen molar-refractivity contribution in [1.29, 1.82) is 0 Å². The molecule has 0 rings (SSSR count). The Morgan fingerprint density at radius 2 is 2.24 bits per heavy atom. The van der Waals surface area contributed by atoms with E-state index in [0.29, 0.717) is 6.92 Å². The molecular formula is C12H23NO4. The van der Waals surface area contributed by atoms with Gasteiger partial charge in [-0.25, -0.2) is 0 Å². The summed E-state index contributed by atoms with van der Waals surface area (Å²) in [5.41, 5.74) is -1.15. The van der Waals surface area contributed by atoms with Gasteiger partial charge in [0.15, 0.2) is 0 Å². The van der Waals surface area contributed by atoms with Gasteiger partial charge >= 0.3 is 11.9 Å². The SMILES string of the molecule is [2H]CN([2H])[C@]([2H])(C(=O)O)C([2H])([2H])C([2H])(C)C([2H])([2H])C(=O)OC(C)(C)C. The fourth-order valence-electron chi connectivity index (χ4n) is 0.826. The number of hydrogen-bond donors (Lipinski definition) is 2. The van der Waals surface area contributed by atoms with Crippen LogP contribution in [0.15, 0.2) is 0 Å². The molecule has 0 aromatic carbocycles. The summed E-state index contributed by atoms with van der Waals surface area (Å²) in [6.07, 6.45) is -6.94. The molecule has 1 unspecified atom stereocenters. The molecule has 0 bridgehead atoms. The van der Waals surface area contributed by atoms with Gasteiger partial charge < -0.3 is 15.2 Å². The number of nitrogens with one attached hydrogen (secondary N) is 1. The van der Waals surface area contributed by atoms with Crippen LogP contribution in [-0.4, -0.2) is 35.7 Å². The minimum absolute atomic E-state index is 0.243. The molecule has 5 heteroatoms. The highest BCUT2D eigenvalue weighted by atomic mass is 16.6. The van der Waals surface area contributed by atoms with Gasteiger partial charge in [-0.2, -0.15) is 0 Å². The largest absolute Gasteiger partial charge is 0.480 e. The highest BCUT2D eigenvalue weighted by Crippen LogP contribution is 2.15. The first-order valence-electron chi connectivity index (χ1n) is 8.98. The van der Waals surface area contributed by atoms with Gasteiger partial charge in [-0.15, -0.1) is 0 Å². The molecule has 0 aliphatic rings. The normalized spacial score (nSPS) is 27.6. The van der Waals surface area contributed by atoms with Crippen molar-refractivity contribution >= 4 is 11.9 Å². The lowest BCUT2D eigenvalue weighted by molar-refractivity contribution is -0.156. The summed E-state index contributed by atoms with van der Waals surface area (Å²) in [4.78, 5) is 23.6. The third-order valence-electron chi connectivity index (χ3n) is 1.36. The Kier molecular flexibility index (Phi) is 2.61. The molecule has 0 spiro atoms. The number of aliphatic carboxylic acids is 1. The Labute approximate surface area is 114 Å². The van der Waals surface area contributed by atoms with Gasteiger partial charge in [0, 0.05) is 14.6 Å². The van der Waals surface area contributed by atoms with Gasteiger partial charge in [0.25, 0.3) is 0 Å². The molecule has 100 valence electrons. The summed E-state index contributed by atoms with van der Waals surface area (Å²) in [7, 11) is -1.12. The lowest BCUT2D eigenvalue weighted by Crippen LogP contribution is -2.36. The number of carbonyl (C=O) groups is 2. The Bertz CT molecular complexity index is 534. The Morgan fingerprint density at radius 1 is 1.65 bits per heavy atom. The maximum atomic E-state index is 12.1. The van der Waals surface area contributed by atoms with Crippen LogP contribution in [0.25, 0.3) is 0 Å². The molecule has 17 heavy (non-hydrogen) atoms. The predicted molar refractivity (Wildman–Crippen MR) is 64.7 cm³/mol. The van der Waals surface area contributed by atoms with Crippen LogP contribution in [0.2, 0.25) is 1.41 Å². The van der Waals surface area contributed by atoms with Crippen LogP contribution < -0.4 is 5.31 Å². The number of esters is 1. The Morgan fingerprint density at radius 3 is 2.65 bits per heavy atom. The van der Waals surface area contributed by atoms with E-state index in [9.17, 15) is 14.7 Å². The number of carboxylic acids is 1. The van der Waals surface area contributed by atoms with E-state index in [-0.39, 0.29) is 5.31 Å². The highest BCUT2D eigenvalue weighted by Gasteiger charge is 2.22. The second kappa shape index (κ2) is 6.59. The Hall–Kier alpha value is -1.10. The molecule has 0 aromatic rings. The monoisotopic (exact) mass is 253 g/mol. The number of likely N-dealkylation sites (N-methyl/N-ethyl adjacent to an activating group) is 1. The van der Waals surface area contributed by atoms with Gasteiger partial charge in [0.1, 0.15) is 13.0 Å². The summed E-state index contributed by atoms with van der Waals surface area (Å²) < 4.78 is 66.8. The maximum absolute atomic E-state index is 12.1. The van der Waals surface area contributed by atoms with E-state index in [1.54, 1.807) is 0 Å². The molecule has 0 heterocycles. The zero-order valence-electron chi connectivity index (χ0n) is 18.3. The van der Waals surface area contributed by atoms with Crippen LogP contribution in [0.3, 0.4) is 0 Å². The second-order valence-corrected chi connectivity index (χ2v) is 4.19. The fraction of sp³-hybridized carbons (Fsp3) is 0.833. The number of hydrogen-bond acceptors (Lipinski definition) is 4. The van der Waals surface area contributed by atoms with E-state index in [1.165, 1.54) is 20.8 Å². The van der Waals surface area contributed by atoms with E-state index in [0.717, 1.165) is 0 Å². The third-order valence-corrected chi connectivity index (χ3v) is 1.36. The van der Waals surface area contributed by atoms with Gasteiger partial charge in [-0.05, 0) is 40.1 Å². The summed E-state index contributed by atoms with van der Waals surface area (Å²) in [5.74, 6) is -6.94. The van der Waals surface area contributed by atoms with E-state index in [2.05, 4.69) is 0 Å². The zero-order chi connectivity index (χ0) is 20.6. The standard InChI is InChI=1S/C12H23NO4/c1-8(6-9(13-5)11(15)16)7-10(14)17-12(2,3)4/h8-9,13H,6-7H2,1-5H3,(H,15,16)/t8?,9-/m0/s1/i5D,6D2,7D2,8D,9D/hD. The van der Waals surface area contributed by atoms with Crippen molar-refractivity contribution in [3.8, 4) is 0 Å². The molecule has 0 radical (unpaired) electrons. The first kappa shape index (κ1) is 6.73. The maximum Gasteiger partial charge on any atom is 0.320 e. The third kappa shape index (κ3) is 7.74. The molecule has 0 saturated heterocycles. The molecule has 2 N–H and O–H groups in total. The minimum Gasteiger partial charge on any atom is -0.480 e. The molecule has 0 aliphatic carbocycles. The number of carbonyl (C=O) groups excluding carboxylic acids is 1. The molecular weight excluding hydrogens is 222 g/mol. The molecule has 0 amide bonds. The van der Waals surface area contributed by atoms with Crippen molar-refractivity contribution < 1.29 is 30.4 Å². The van der Waals surface area contributed by atoms with Gasteiger partial charge in [-0.3, -0.25) is 9.59 Å². The van der Waals surface area contributed by atoms with Crippen molar-refractivity contribution in [2.75, 3.05) is 7.02 Å². The van der Waals surface area contributed by atoms with Crippen molar-refractivity contribution in [3.63, 3.8) is 0 Å². The van der Waals surface area contributed by atoms with E-state index in [4.69, 9.17) is 15.7 Å². The summed E-state index contributed by atoms with van der Waals surface area (Å²) >= 11 is 0. The second-order valence-electron chi connectivity index (χ2n) is 4.19. The van der Waals surface area contributed by atoms with Gasteiger partial charge in [0.2, 0.25) is 0 Å². The predicted octanol–water partition coefficient (Wildman–Crippen LogP) is 1.42. The average Bonchev–Trinajstić information content (AvgIpc) is 2.42. The van der Waals surface area contributed by atoms with E-state index >= 15 is 0 Å². The summed E-state index contributed by atoms with van der Waals surface area (Å²) in [6, 6.07) is -3.51. The summed E-state index contributed by atoms with van der Waals surface area (Å²) in [5, 5.41) is 8.99. The van der Waals surface area contributed by atoms with Crippen molar-refractivity contribution in [2.45, 2.75) is 52.1 Å². The number of rotatable bonds is 6. The molecule has 0 saturated carbocycles. The van der Waals surface area contributed by atoms with E-state index < -0.39 is 49.2 Å². The molecule has 2 atom stereocenters. The van der Waals surface area contributed by atoms with Crippen molar-refractivity contribution in [3.05, 3.63) is 0 Å². The average molecular weight is 253 g/mol. The smallest absolute Gasteiger partial charge is 0.320 e. The summed E-state index contributed by atoms with van der Waals surface area (Å²) in [6.45, 7) is 4.89. The number of ether oxygens (including phenoxy) is 1. The topological polar surface area (TPSA) is 75.6 Å². The quantitative estimate of drug-likeness (QED) is 0.700. The van der Waals surface area contributed by atoms with Crippen molar-refractivity contribution in [1.82, 2.24) is 5.31 Å². The van der Waals surface area contributed by atoms with E-state index in [1.807, 2.05) is 0 Å². The fourth-order valence-corrected chi connectivity index (χ4v) is 0.826. The van der Waals surface area contributed by atoms with Crippen LogP contribution in [0.1, 0.15) is 50.0 Å². The molecule has 0 fully saturated rings. The lowest BCUT2D eigenvalue weighted by Gasteiger charge is -2.22. The van der Waals surface area contributed by atoms with Crippen LogP contribution in [-0.2, 0) is 14.3 Å².